The first-order valence-corrected chi connectivity index (χ1v) is 12.3. The van der Waals surface area contributed by atoms with Crippen LogP contribution in [0.1, 0.15) is 53.6 Å². The Bertz CT molecular complexity index is 1160. The molecule has 1 atom stereocenters. The molecule has 6 heteroatoms. The van der Waals surface area contributed by atoms with Gasteiger partial charge in [0.15, 0.2) is 0 Å². The summed E-state index contributed by atoms with van der Waals surface area (Å²) in [7, 11) is 0. The molecule has 1 aromatic heterocycles. The molecule has 0 saturated carbocycles. The van der Waals surface area contributed by atoms with Crippen molar-refractivity contribution in [2.75, 3.05) is 5.32 Å². The Labute approximate surface area is 203 Å². The highest BCUT2D eigenvalue weighted by atomic mass is 35.5. The van der Waals surface area contributed by atoms with Crippen molar-refractivity contribution in [1.82, 2.24) is 0 Å². The van der Waals surface area contributed by atoms with Gasteiger partial charge in [-0.15, -0.1) is 11.3 Å². The van der Waals surface area contributed by atoms with Gasteiger partial charge in [-0.1, -0.05) is 74.3 Å². The summed E-state index contributed by atoms with van der Waals surface area (Å²) < 4.78 is 0. The predicted molar refractivity (Wildman–Crippen MR) is 137 cm³/mol. The van der Waals surface area contributed by atoms with Crippen LogP contribution in [0.4, 0.5) is 10.7 Å². The van der Waals surface area contributed by atoms with Crippen molar-refractivity contribution in [3.8, 4) is 0 Å². The van der Waals surface area contributed by atoms with Gasteiger partial charge >= 0.3 is 0 Å². The van der Waals surface area contributed by atoms with Crippen LogP contribution < -0.4 is 5.32 Å². The Morgan fingerprint density at radius 1 is 1.12 bits per heavy atom. The number of amides is 1. The molecule has 1 aliphatic rings. The summed E-state index contributed by atoms with van der Waals surface area (Å²) in [5, 5.41) is 4.70. The zero-order valence-electron chi connectivity index (χ0n) is 18.4. The van der Waals surface area contributed by atoms with E-state index in [1.807, 2.05) is 42.5 Å². The van der Waals surface area contributed by atoms with Crippen molar-refractivity contribution in [3.63, 3.8) is 0 Å². The second-order valence-electron chi connectivity index (χ2n) is 9.21. The second kappa shape index (κ2) is 9.38. The Morgan fingerprint density at radius 3 is 2.59 bits per heavy atom. The molecule has 0 bridgehead atoms. The van der Waals surface area contributed by atoms with Crippen molar-refractivity contribution in [1.29, 1.82) is 0 Å². The standard InChI is InChI=1S/C26H26Cl2N2OS/c1-26(2,3)17-12-13-19-21(14-17)32-25(29-15-16-8-7-11-20(27)23(16)28)22(19)24(31)30-18-9-5-4-6-10-18/h4-11,15,17H,12-14H2,1-3H3,(H,30,31)/t17-/m1/s1. The fourth-order valence-corrected chi connectivity index (χ4v) is 5.72. The Balaban J connectivity index is 1.73. The molecular weight excluding hydrogens is 459 g/mol. The maximum atomic E-state index is 13.4. The lowest BCUT2D eigenvalue weighted by atomic mass is 9.72. The first-order valence-electron chi connectivity index (χ1n) is 10.7. The SMILES string of the molecule is CC(C)(C)[C@@H]1CCc2c(sc(N=Cc3cccc(Cl)c3Cl)c2C(=O)Nc2ccccc2)C1. The Hall–Kier alpha value is -2.14. The lowest BCUT2D eigenvalue weighted by molar-refractivity contribution is 0.102. The number of carbonyl (C=O) groups excluding carboxylic acids is 1. The Kier molecular flexibility index (Phi) is 6.75. The molecule has 0 saturated heterocycles. The average molecular weight is 485 g/mol. The topological polar surface area (TPSA) is 41.5 Å². The normalized spacial score (nSPS) is 16.2. The second-order valence-corrected chi connectivity index (χ2v) is 11.1. The van der Waals surface area contributed by atoms with Crippen LogP contribution in [0, 0.1) is 11.3 Å². The van der Waals surface area contributed by atoms with E-state index in [2.05, 4.69) is 26.1 Å². The third-order valence-electron chi connectivity index (χ3n) is 6.03. The number of aliphatic imine (C=N–C) groups is 1. The molecular formula is C26H26Cl2N2OS. The summed E-state index contributed by atoms with van der Waals surface area (Å²) >= 11 is 14.1. The molecule has 3 aromatic rings. The van der Waals surface area contributed by atoms with E-state index >= 15 is 0 Å². The molecule has 0 radical (unpaired) electrons. The van der Waals surface area contributed by atoms with E-state index in [9.17, 15) is 4.79 Å². The number of hydrogen-bond acceptors (Lipinski definition) is 3. The third kappa shape index (κ3) is 4.93. The van der Waals surface area contributed by atoms with Gasteiger partial charge in [0.1, 0.15) is 5.00 Å². The molecule has 0 aliphatic heterocycles. The first-order chi connectivity index (χ1) is 15.2. The molecule has 4 rings (SSSR count). The molecule has 2 aromatic carbocycles. The zero-order chi connectivity index (χ0) is 22.9. The van der Waals surface area contributed by atoms with E-state index in [1.165, 1.54) is 4.88 Å². The molecule has 1 amide bonds. The average Bonchev–Trinajstić information content (AvgIpc) is 3.12. The van der Waals surface area contributed by atoms with Gasteiger partial charge in [0.2, 0.25) is 0 Å². The van der Waals surface area contributed by atoms with Crippen molar-refractivity contribution in [2.24, 2.45) is 16.3 Å². The van der Waals surface area contributed by atoms with Crippen LogP contribution in [0.25, 0.3) is 0 Å². The number of para-hydroxylation sites is 1. The fraction of sp³-hybridized carbons (Fsp3) is 0.308. The summed E-state index contributed by atoms with van der Waals surface area (Å²) in [4.78, 5) is 19.3. The van der Waals surface area contributed by atoms with Crippen molar-refractivity contribution >= 4 is 57.3 Å². The molecule has 166 valence electrons. The number of nitrogens with one attached hydrogen (secondary N) is 1. The molecule has 1 heterocycles. The number of halogens is 2. The number of thiophene rings is 1. The van der Waals surface area contributed by atoms with Crippen LogP contribution in [0.5, 0.6) is 0 Å². The summed E-state index contributed by atoms with van der Waals surface area (Å²) in [6, 6.07) is 15.0. The van der Waals surface area contributed by atoms with Gasteiger partial charge in [0, 0.05) is 22.3 Å². The monoisotopic (exact) mass is 484 g/mol. The van der Waals surface area contributed by atoms with E-state index in [0.29, 0.717) is 26.5 Å². The van der Waals surface area contributed by atoms with E-state index in [-0.39, 0.29) is 11.3 Å². The van der Waals surface area contributed by atoms with Crippen LogP contribution in [0.15, 0.2) is 53.5 Å². The molecule has 0 spiro atoms. The number of hydrogen-bond donors (Lipinski definition) is 1. The summed E-state index contributed by atoms with van der Waals surface area (Å²) in [6.45, 7) is 6.87. The van der Waals surface area contributed by atoms with Crippen LogP contribution in [0.3, 0.4) is 0 Å². The molecule has 0 unspecified atom stereocenters. The predicted octanol–water partition coefficient (Wildman–Crippen LogP) is 8.21. The lowest BCUT2D eigenvalue weighted by Crippen LogP contribution is -2.27. The molecule has 0 fully saturated rings. The van der Waals surface area contributed by atoms with Crippen LogP contribution in [0.2, 0.25) is 10.0 Å². The smallest absolute Gasteiger partial charge is 0.259 e. The van der Waals surface area contributed by atoms with Gasteiger partial charge in [-0.2, -0.15) is 0 Å². The van der Waals surface area contributed by atoms with Gasteiger partial charge in [0.25, 0.3) is 5.91 Å². The third-order valence-corrected chi connectivity index (χ3v) is 8.03. The number of carbonyl (C=O) groups is 1. The van der Waals surface area contributed by atoms with Crippen LogP contribution >= 0.6 is 34.5 Å². The van der Waals surface area contributed by atoms with E-state index in [4.69, 9.17) is 28.2 Å². The minimum Gasteiger partial charge on any atom is -0.322 e. The number of fused-ring (bicyclic) bond motifs is 1. The highest BCUT2D eigenvalue weighted by Crippen LogP contribution is 2.45. The van der Waals surface area contributed by atoms with Crippen LogP contribution in [-0.4, -0.2) is 12.1 Å². The summed E-state index contributed by atoms with van der Waals surface area (Å²) in [5.74, 6) is 0.463. The zero-order valence-corrected chi connectivity index (χ0v) is 20.7. The van der Waals surface area contributed by atoms with Gasteiger partial charge in [-0.25, -0.2) is 4.99 Å². The van der Waals surface area contributed by atoms with E-state index in [1.54, 1.807) is 23.6 Å². The largest absolute Gasteiger partial charge is 0.322 e. The fourth-order valence-electron chi connectivity index (χ4n) is 4.10. The number of anilines is 1. The van der Waals surface area contributed by atoms with Crippen molar-refractivity contribution in [3.05, 3.63) is 80.1 Å². The summed E-state index contributed by atoms with van der Waals surface area (Å²) in [5.41, 5.74) is 3.54. The number of benzene rings is 2. The molecule has 1 aliphatic carbocycles. The van der Waals surface area contributed by atoms with Gasteiger partial charge < -0.3 is 5.32 Å². The molecule has 32 heavy (non-hydrogen) atoms. The number of nitrogens with zero attached hydrogens (tertiary/aromatic N) is 1. The van der Waals surface area contributed by atoms with Crippen LogP contribution in [-0.2, 0) is 12.8 Å². The minimum atomic E-state index is -0.118. The quantitative estimate of drug-likeness (QED) is 0.372. The highest BCUT2D eigenvalue weighted by molar-refractivity contribution is 7.16. The van der Waals surface area contributed by atoms with E-state index < -0.39 is 0 Å². The maximum absolute atomic E-state index is 13.4. The van der Waals surface area contributed by atoms with Gasteiger partial charge in [-0.3, -0.25) is 4.79 Å². The van der Waals surface area contributed by atoms with Gasteiger partial charge in [0.05, 0.1) is 15.6 Å². The van der Waals surface area contributed by atoms with Gasteiger partial charge in [-0.05, 0) is 54.4 Å². The first kappa shape index (κ1) is 23.0. The molecule has 1 N–H and O–H groups in total. The number of rotatable bonds is 4. The highest BCUT2D eigenvalue weighted by Gasteiger charge is 2.33. The molecule has 3 nitrogen and oxygen atoms in total. The lowest BCUT2D eigenvalue weighted by Gasteiger charge is -2.33. The summed E-state index contributed by atoms with van der Waals surface area (Å²) in [6.07, 6.45) is 4.63. The van der Waals surface area contributed by atoms with Crippen molar-refractivity contribution in [2.45, 2.75) is 40.0 Å². The maximum Gasteiger partial charge on any atom is 0.259 e. The minimum absolute atomic E-state index is 0.118. The van der Waals surface area contributed by atoms with E-state index in [0.717, 1.165) is 36.1 Å². The van der Waals surface area contributed by atoms with Crippen molar-refractivity contribution < 1.29 is 4.79 Å². The Morgan fingerprint density at radius 2 is 1.88 bits per heavy atom.